The van der Waals surface area contributed by atoms with Gasteiger partial charge < -0.3 is 20.1 Å². The van der Waals surface area contributed by atoms with E-state index in [2.05, 4.69) is 5.32 Å². The summed E-state index contributed by atoms with van der Waals surface area (Å²) >= 11 is 1.21. The third-order valence-corrected chi connectivity index (χ3v) is 7.74. The van der Waals surface area contributed by atoms with E-state index in [-0.39, 0.29) is 24.2 Å². The van der Waals surface area contributed by atoms with E-state index in [1.165, 1.54) is 11.8 Å². The smallest absolute Gasteiger partial charge is 0.407 e. The van der Waals surface area contributed by atoms with E-state index in [0.717, 1.165) is 27.2 Å². The van der Waals surface area contributed by atoms with Crippen molar-refractivity contribution >= 4 is 29.7 Å². The van der Waals surface area contributed by atoms with E-state index in [9.17, 15) is 28.3 Å². The number of rotatable bonds is 6. The predicted octanol–water partition coefficient (Wildman–Crippen LogP) is 3.39. The molecular weight excluding hydrogens is 466 g/mol. The van der Waals surface area contributed by atoms with Crippen LogP contribution >= 0.6 is 11.8 Å². The van der Waals surface area contributed by atoms with Crippen LogP contribution in [0.3, 0.4) is 0 Å². The summed E-state index contributed by atoms with van der Waals surface area (Å²) in [5, 5.41) is 11.6. The summed E-state index contributed by atoms with van der Waals surface area (Å²) in [6.07, 6.45) is -0.837. The number of alkyl carbamates (subject to hydrolysis) is 1. The van der Waals surface area contributed by atoms with Crippen LogP contribution in [0.15, 0.2) is 48.5 Å². The van der Waals surface area contributed by atoms with Crippen LogP contribution in [-0.2, 0) is 14.3 Å². The molecule has 1 saturated heterocycles. The van der Waals surface area contributed by atoms with Gasteiger partial charge in [0.2, 0.25) is 5.91 Å². The lowest BCUT2D eigenvalue weighted by molar-refractivity contribution is -0.149. The number of carbonyl (C=O) groups is 3. The average molecular weight is 489 g/mol. The lowest BCUT2D eigenvalue weighted by atomic mass is 9.98. The molecular formula is C24H22F2N2O5S. The van der Waals surface area contributed by atoms with Crippen LogP contribution < -0.4 is 5.32 Å². The number of carboxylic acids is 1. The molecule has 0 radical (unpaired) electrons. The minimum atomic E-state index is -3.30. The molecule has 2 aromatic carbocycles. The van der Waals surface area contributed by atoms with Gasteiger partial charge in [-0.15, -0.1) is 11.8 Å². The number of ether oxygens (including phenoxy) is 1. The van der Waals surface area contributed by atoms with Gasteiger partial charge in [0.25, 0.3) is 5.92 Å². The molecule has 2 aliphatic carbocycles. The van der Waals surface area contributed by atoms with Crippen LogP contribution in [-0.4, -0.2) is 64.7 Å². The van der Waals surface area contributed by atoms with Crippen LogP contribution in [0.1, 0.15) is 17.0 Å². The quantitative estimate of drug-likeness (QED) is 0.647. The lowest BCUT2D eigenvalue weighted by Crippen LogP contribution is -2.43. The lowest BCUT2D eigenvalue weighted by Gasteiger charge is -2.20. The fraction of sp³-hybridized carbons (Fsp3) is 0.375. The number of aliphatic carboxylic acids is 1. The summed E-state index contributed by atoms with van der Waals surface area (Å²) in [4.78, 5) is 37.1. The van der Waals surface area contributed by atoms with E-state index in [1.54, 1.807) is 0 Å². The minimum Gasteiger partial charge on any atom is -0.480 e. The zero-order valence-corrected chi connectivity index (χ0v) is 18.8. The van der Waals surface area contributed by atoms with E-state index in [1.807, 2.05) is 48.5 Å². The predicted molar refractivity (Wildman–Crippen MR) is 121 cm³/mol. The molecule has 2 fully saturated rings. The summed E-state index contributed by atoms with van der Waals surface area (Å²) in [5.74, 6) is -8.35. The first-order valence-electron chi connectivity index (χ1n) is 10.9. The van der Waals surface area contributed by atoms with Crippen molar-refractivity contribution in [2.45, 2.75) is 17.9 Å². The number of carbonyl (C=O) groups excluding carboxylic acids is 2. The molecule has 1 heterocycles. The molecule has 10 heteroatoms. The Morgan fingerprint density at radius 1 is 1.09 bits per heavy atom. The number of halogens is 2. The third-order valence-electron chi connectivity index (χ3n) is 6.73. The summed E-state index contributed by atoms with van der Waals surface area (Å²) in [6.45, 7) is -0.382. The highest BCUT2D eigenvalue weighted by Crippen LogP contribution is 2.56. The van der Waals surface area contributed by atoms with Crippen molar-refractivity contribution in [1.82, 2.24) is 10.2 Å². The minimum absolute atomic E-state index is 0.0502. The van der Waals surface area contributed by atoms with Crippen molar-refractivity contribution in [3.8, 4) is 11.1 Å². The number of nitrogens with one attached hydrogen (secondary N) is 1. The standard InChI is InChI=1S/C24H22F2N2O5S/c25-24(26)18(20(24)21(29)28-12-34-11-19(28)22(30)31)9-27-23(32)33-10-17-15-7-3-1-5-13(15)14-6-2-4-8-16(14)17/h1-8,17-20H,9-12H2,(H,27,32)(H,30,31)/t18-,19?,20-/m0/s1. The van der Waals surface area contributed by atoms with Crippen molar-refractivity contribution < 1.29 is 33.0 Å². The molecule has 0 bridgehead atoms. The molecule has 7 nitrogen and oxygen atoms in total. The Hall–Kier alpha value is -3.14. The summed E-state index contributed by atoms with van der Waals surface area (Å²) < 4.78 is 34.0. The monoisotopic (exact) mass is 488 g/mol. The fourth-order valence-electron chi connectivity index (χ4n) is 4.87. The second kappa shape index (κ2) is 8.57. The van der Waals surface area contributed by atoms with Gasteiger partial charge in [-0.25, -0.2) is 18.4 Å². The fourth-order valence-corrected chi connectivity index (χ4v) is 6.02. The maximum absolute atomic E-state index is 14.3. The first-order chi connectivity index (χ1) is 16.3. The van der Waals surface area contributed by atoms with E-state index >= 15 is 0 Å². The van der Waals surface area contributed by atoms with Gasteiger partial charge in [-0.2, -0.15) is 0 Å². The number of hydrogen-bond donors (Lipinski definition) is 2. The number of nitrogens with zero attached hydrogens (tertiary/aromatic N) is 1. The van der Waals surface area contributed by atoms with Gasteiger partial charge in [0, 0.05) is 18.2 Å². The average Bonchev–Trinajstić information content (AvgIpc) is 3.17. The van der Waals surface area contributed by atoms with E-state index in [4.69, 9.17) is 4.74 Å². The Morgan fingerprint density at radius 3 is 2.32 bits per heavy atom. The molecule has 3 atom stereocenters. The number of hydrogen-bond acceptors (Lipinski definition) is 5. The second-order valence-corrected chi connectivity index (χ2v) is 9.63. The van der Waals surface area contributed by atoms with Crippen LogP contribution in [0.2, 0.25) is 0 Å². The number of amides is 2. The first-order valence-corrected chi connectivity index (χ1v) is 12.0. The summed E-state index contributed by atoms with van der Waals surface area (Å²) in [6, 6.07) is 14.6. The van der Waals surface area contributed by atoms with Gasteiger partial charge in [0.15, 0.2) is 0 Å². The van der Waals surface area contributed by atoms with Crippen LogP contribution in [0, 0.1) is 11.8 Å². The molecule has 2 amide bonds. The maximum Gasteiger partial charge on any atom is 0.407 e. The zero-order chi connectivity index (χ0) is 24.0. The third kappa shape index (κ3) is 3.79. The zero-order valence-electron chi connectivity index (χ0n) is 17.9. The van der Waals surface area contributed by atoms with Crippen molar-refractivity contribution in [2.75, 3.05) is 24.8 Å². The van der Waals surface area contributed by atoms with Gasteiger partial charge in [0.1, 0.15) is 18.6 Å². The van der Waals surface area contributed by atoms with E-state index < -0.39 is 48.3 Å². The highest BCUT2D eigenvalue weighted by Gasteiger charge is 2.72. The van der Waals surface area contributed by atoms with Gasteiger partial charge >= 0.3 is 12.1 Å². The van der Waals surface area contributed by atoms with Gasteiger partial charge in [-0.3, -0.25) is 4.79 Å². The van der Waals surface area contributed by atoms with Gasteiger partial charge in [-0.1, -0.05) is 48.5 Å². The molecule has 1 saturated carbocycles. The first kappa shape index (κ1) is 22.6. The van der Waals surface area contributed by atoms with Crippen molar-refractivity contribution in [2.24, 2.45) is 11.8 Å². The summed E-state index contributed by atoms with van der Waals surface area (Å²) in [7, 11) is 0. The SMILES string of the molecule is O=C(NC[C@H]1[C@@H](C(=O)N2CSCC2C(=O)O)C1(F)F)OCC1c2ccccc2-c2ccccc21. The van der Waals surface area contributed by atoms with Crippen molar-refractivity contribution in [3.05, 3.63) is 59.7 Å². The number of alkyl halides is 2. The Kier molecular flexibility index (Phi) is 5.71. The Labute approximate surface area is 198 Å². The number of benzene rings is 2. The van der Waals surface area contributed by atoms with Gasteiger partial charge in [0.05, 0.1) is 11.8 Å². The molecule has 2 aromatic rings. The molecule has 1 aliphatic heterocycles. The maximum atomic E-state index is 14.3. The van der Waals surface area contributed by atoms with Crippen LogP contribution in [0.5, 0.6) is 0 Å². The molecule has 0 spiro atoms. The van der Waals surface area contributed by atoms with Crippen molar-refractivity contribution in [1.29, 1.82) is 0 Å². The Morgan fingerprint density at radius 2 is 1.71 bits per heavy atom. The molecule has 3 aliphatic rings. The van der Waals surface area contributed by atoms with Gasteiger partial charge in [-0.05, 0) is 22.3 Å². The molecule has 5 rings (SSSR count). The van der Waals surface area contributed by atoms with Crippen LogP contribution in [0.4, 0.5) is 13.6 Å². The summed E-state index contributed by atoms with van der Waals surface area (Å²) in [5.41, 5.74) is 4.22. The highest BCUT2D eigenvalue weighted by molar-refractivity contribution is 7.99. The topological polar surface area (TPSA) is 95.9 Å². The van der Waals surface area contributed by atoms with E-state index in [0.29, 0.717) is 0 Å². The largest absolute Gasteiger partial charge is 0.480 e. The number of fused-ring (bicyclic) bond motifs is 3. The van der Waals surface area contributed by atoms with Crippen molar-refractivity contribution in [3.63, 3.8) is 0 Å². The number of carboxylic acid groups (broad SMARTS) is 1. The molecule has 2 N–H and O–H groups in total. The Balaban J connectivity index is 1.17. The number of thioether (sulfide) groups is 1. The highest BCUT2D eigenvalue weighted by atomic mass is 32.2. The molecule has 178 valence electrons. The second-order valence-electron chi connectivity index (χ2n) is 8.63. The molecule has 0 aromatic heterocycles. The normalized spacial score (nSPS) is 24.3. The Bertz CT molecular complexity index is 1110. The molecule has 1 unspecified atom stereocenters. The van der Waals surface area contributed by atoms with Crippen LogP contribution in [0.25, 0.3) is 11.1 Å². The molecule has 34 heavy (non-hydrogen) atoms.